The molecule has 7 heteroatoms. The topological polar surface area (TPSA) is 6.48 Å². The molecule has 1 saturated heterocycles. The van der Waals surface area contributed by atoms with Crippen molar-refractivity contribution < 1.29 is 0 Å². The van der Waals surface area contributed by atoms with Crippen LogP contribution in [0.25, 0.3) is 0 Å². The zero-order chi connectivity index (χ0) is 8.86. The molecule has 0 amide bonds. The maximum absolute atomic E-state index is 6.05. The van der Waals surface area contributed by atoms with Gasteiger partial charge in [-0.3, -0.25) is 0 Å². The van der Waals surface area contributed by atoms with Crippen LogP contribution in [-0.2, 0) is 0 Å². The summed E-state index contributed by atoms with van der Waals surface area (Å²) < 4.78 is 2.10. The normalized spacial score (nSPS) is 37.6. The van der Waals surface area contributed by atoms with Crippen molar-refractivity contribution in [2.24, 2.45) is 0 Å². The van der Waals surface area contributed by atoms with Crippen molar-refractivity contribution >= 4 is 55.3 Å². The third-order valence-electron chi connectivity index (χ3n) is 1.55. The van der Waals surface area contributed by atoms with Crippen LogP contribution in [0.3, 0.4) is 0 Å². The van der Waals surface area contributed by atoms with E-state index in [1.807, 2.05) is 14.1 Å². The summed E-state index contributed by atoms with van der Waals surface area (Å²) in [6, 6.07) is 0. The van der Waals surface area contributed by atoms with Crippen molar-refractivity contribution in [1.29, 1.82) is 0 Å². The van der Waals surface area contributed by atoms with Crippen molar-refractivity contribution in [3.8, 4) is 0 Å². The Balaban J connectivity index is 2.81. The summed E-state index contributed by atoms with van der Waals surface area (Å²) in [7, 11) is 4.10. The second-order valence-corrected chi connectivity index (χ2v) is 6.65. The molecule has 11 heavy (non-hydrogen) atoms. The highest BCUT2D eigenvalue weighted by Crippen LogP contribution is 2.59. The fourth-order valence-corrected chi connectivity index (χ4v) is 3.54. The van der Waals surface area contributed by atoms with E-state index in [0.717, 1.165) is 0 Å². The molecule has 0 saturated carbocycles. The summed E-state index contributed by atoms with van der Waals surface area (Å²) >= 11 is 23.1. The van der Waals surface area contributed by atoms with Crippen molar-refractivity contribution in [2.75, 3.05) is 14.1 Å². The smallest absolute Gasteiger partial charge is 0.236 e. The van der Waals surface area contributed by atoms with Gasteiger partial charge in [0.25, 0.3) is 0 Å². The van der Waals surface area contributed by atoms with Crippen molar-refractivity contribution in [1.82, 2.24) is 9.34 Å². The molecule has 1 heterocycles. The third-order valence-corrected chi connectivity index (χ3v) is 4.95. The Morgan fingerprint density at radius 2 is 1.55 bits per heavy atom. The first kappa shape index (κ1) is 10.6. The minimum atomic E-state index is -1.48. The molecule has 0 unspecified atom stereocenters. The fraction of sp³-hybridized carbons (Fsp3) is 1.00. The zero-order valence-corrected chi connectivity index (χ0v) is 9.93. The van der Waals surface area contributed by atoms with Crippen LogP contribution in [0.4, 0.5) is 0 Å². The number of rotatable bonds is 0. The van der Waals surface area contributed by atoms with Crippen molar-refractivity contribution in [3.05, 3.63) is 0 Å². The van der Waals surface area contributed by atoms with Crippen LogP contribution in [-0.4, -0.2) is 32.4 Å². The first-order chi connectivity index (χ1) is 4.80. The predicted molar refractivity (Wildman–Crippen MR) is 52.7 cm³/mol. The van der Waals surface area contributed by atoms with Gasteiger partial charge in [0.2, 0.25) is 8.91 Å². The lowest BCUT2D eigenvalue weighted by atomic mass is 10.5. The van der Waals surface area contributed by atoms with Crippen molar-refractivity contribution in [2.45, 2.75) is 8.91 Å². The SMILES string of the molecule is CN1PN(C)C1(Cl)C(Cl)(Cl)Cl. The Morgan fingerprint density at radius 3 is 1.64 bits per heavy atom. The molecule has 1 rings (SSSR count). The van der Waals surface area contributed by atoms with E-state index in [2.05, 4.69) is 0 Å². The molecule has 0 atom stereocenters. The van der Waals surface area contributed by atoms with Crippen LogP contribution in [0.1, 0.15) is 0 Å². The minimum Gasteiger partial charge on any atom is -0.239 e. The lowest BCUT2D eigenvalue weighted by Crippen LogP contribution is -2.64. The Hall–Kier alpha value is 1.51. The van der Waals surface area contributed by atoms with E-state index in [4.69, 9.17) is 46.4 Å². The average Bonchev–Trinajstić information content (AvgIpc) is 1.85. The number of hydrogen-bond acceptors (Lipinski definition) is 2. The molecule has 0 bridgehead atoms. The molecule has 1 aliphatic rings. The molecule has 2 nitrogen and oxygen atoms in total. The van der Waals surface area contributed by atoms with E-state index in [0.29, 0.717) is 8.88 Å². The highest BCUT2D eigenvalue weighted by molar-refractivity contribution is 7.34. The van der Waals surface area contributed by atoms with Gasteiger partial charge < -0.3 is 0 Å². The van der Waals surface area contributed by atoms with Crippen LogP contribution in [0.2, 0.25) is 0 Å². The molecule has 66 valence electrons. The number of nitrogens with zero attached hydrogens (tertiary/aromatic N) is 2. The Morgan fingerprint density at radius 1 is 1.18 bits per heavy atom. The second kappa shape index (κ2) is 3.02. The summed E-state index contributed by atoms with van der Waals surface area (Å²) in [5, 5.41) is -0.976. The van der Waals surface area contributed by atoms with Gasteiger partial charge in [-0.05, 0) is 14.1 Å². The van der Waals surface area contributed by atoms with E-state index >= 15 is 0 Å². The summed E-state index contributed by atoms with van der Waals surface area (Å²) in [5.41, 5.74) is 0. The van der Waals surface area contributed by atoms with Gasteiger partial charge in [0.05, 0.1) is 0 Å². The van der Waals surface area contributed by atoms with Gasteiger partial charge in [0.1, 0.15) is 0 Å². The van der Waals surface area contributed by atoms with Gasteiger partial charge in [-0.25, -0.2) is 9.34 Å². The highest BCUT2D eigenvalue weighted by Gasteiger charge is 2.60. The molecule has 0 aromatic heterocycles. The quantitative estimate of drug-likeness (QED) is 0.373. The molecule has 1 fully saturated rings. The molecular formula is C4H7Cl4N2P. The summed E-state index contributed by atoms with van der Waals surface area (Å²) in [6.45, 7) is 0. The number of hydrogen-bond donors (Lipinski definition) is 0. The van der Waals surface area contributed by atoms with E-state index in [-0.39, 0.29) is 0 Å². The van der Waals surface area contributed by atoms with Gasteiger partial charge in [-0.2, -0.15) is 0 Å². The molecular weight excluding hydrogens is 249 g/mol. The largest absolute Gasteiger partial charge is 0.239 e. The molecule has 0 aliphatic carbocycles. The van der Waals surface area contributed by atoms with Crippen LogP contribution >= 0.6 is 55.3 Å². The van der Waals surface area contributed by atoms with Crippen LogP contribution in [0.15, 0.2) is 0 Å². The third kappa shape index (κ3) is 1.48. The monoisotopic (exact) mass is 254 g/mol. The van der Waals surface area contributed by atoms with Gasteiger partial charge >= 0.3 is 0 Å². The summed E-state index contributed by atoms with van der Waals surface area (Å²) in [4.78, 5) is 0. The highest BCUT2D eigenvalue weighted by atomic mass is 35.6. The van der Waals surface area contributed by atoms with E-state index in [9.17, 15) is 0 Å². The van der Waals surface area contributed by atoms with Crippen LogP contribution in [0.5, 0.6) is 0 Å². The van der Waals surface area contributed by atoms with Crippen LogP contribution < -0.4 is 0 Å². The van der Waals surface area contributed by atoms with Gasteiger partial charge in [0, 0.05) is 8.88 Å². The standard InChI is InChI=1S/C4H7Cl4N2P/c1-9-4(8,3(5,6)7)10(2)11-9/h11H,1-2H3. The van der Waals surface area contributed by atoms with Gasteiger partial charge in [-0.1, -0.05) is 46.4 Å². The van der Waals surface area contributed by atoms with E-state index < -0.39 is 8.91 Å². The second-order valence-electron chi connectivity index (χ2n) is 2.30. The summed E-state index contributed by atoms with van der Waals surface area (Å²) in [6.07, 6.45) is 0. The zero-order valence-electron chi connectivity index (χ0n) is 5.91. The molecule has 0 aromatic rings. The first-order valence-corrected chi connectivity index (χ1v) is 5.20. The van der Waals surface area contributed by atoms with Crippen LogP contribution in [0, 0.1) is 0 Å². The average molecular weight is 256 g/mol. The molecule has 0 spiro atoms. The van der Waals surface area contributed by atoms with Gasteiger partial charge in [0.15, 0.2) is 0 Å². The lowest BCUT2D eigenvalue weighted by molar-refractivity contribution is 0.134. The molecule has 1 aliphatic heterocycles. The predicted octanol–water partition coefficient (Wildman–Crippen LogP) is 2.63. The molecule has 0 radical (unpaired) electrons. The van der Waals surface area contributed by atoms with E-state index in [1.54, 1.807) is 9.34 Å². The Bertz CT molecular complexity index is 162. The lowest BCUT2D eigenvalue weighted by Gasteiger charge is -2.56. The van der Waals surface area contributed by atoms with E-state index in [1.165, 1.54) is 0 Å². The Labute approximate surface area is 87.6 Å². The molecule has 0 aromatic carbocycles. The fourth-order valence-electron chi connectivity index (χ4n) is 0.918. The minimum absolute atomic E-state index is 0.475. The first-order valence-electron chi connectivity index (χ1n) is 2.79. The maximum Gasteiger partial charge on any atom is 0.236 e. The van der Waals surface area contributed by atoms with Gasteiger partial charge in [-0.15, -0.1) is 0 Å². The number of alkyl halides is 4. The number of halogens is 4. The summed E-state index contributed by atoms with van der Waals surface area (Å²) in [5.74, 6) is 0. The molecule has 0 N–H and O–H groups in total. The van der Waals surface area contributed by atoms with Crippen molar-refractivity contribution in [3.63, 3.8) is 0 Å². The maximum atomic E-state index is 6.05. The Kier molecular flexibility index (Phi) is 2.91.